The summed E-state index contributed by atoms with van der Waals surface area (Å²) in [6.45, 7) is 4.32. The third kappa shape index (κ3) is 3.23. The molecule has 0 bridgehead atoms. The highest BCUT2D eigenvalue weighted by atomic mass is 16.5. The first-order chi connectivity index (χ1) is 6.20. The molecular weight excluding hydrogens is 164 g/mol. The number of pyridine rings is 1. The topological polar surface area (TPSA) is 46.0 Å². The van der Waals surface area contributed by atoms with Crippen molar-refractivity contribution in [2.75, 3.05) is 6.61 Å². The van der Waals surface area contributed by atoms with E-state index in [1.807, 2.05) is 13.0 Å². The van der Waals surface area contributed by atoms with Gasteiger partial charge in [0.15, 0.2) is 0 Å². The van der Waals surface area contributed by atoms with Crippen molar-refractivity contribution in [2.45, 2.75) is 20.3 Å². The lowest BCUT2D eigenvalue weighted by atomic mass is 10.3. The van der Waals surface area contributed by atoms with Crippen LogP contribution in [0.4, 0.5) is 0 Å². The molecule has 0 atom stereocenters. The van der Waals surface area contributed by atoms with E-state index in [2.05, 4.69) is 4.98 Å². The van der Waals surface area contributed by atoms with Crippen molar-refractivity contribution in [3.8, 4) is 5.75 Å². The molecule has 0 amide bonds. The zero-order valence-electron chi connectivity index (χ0n) is 8.00. The first-order valence-electron chi connectivity index (χ1n) is 4.27. The van der Waals surface area contributed by atoms with Crippen molar-refractivity contribution >= 4 is 5.71 Å². The van der Waals surface area contributed by atoms with Crippen molar-refractivity contribution in [1.29, 1.82) is 5.41 Å². The van der Waals surface area contributed by atoms with Gasteiger partial charge in [-0.3, -0.25) is 4.98 Å². The maximum absolute atomic E-state index is 7.22. The smallest absolute Gasteiger partial charge is 0.140 e. The molecule has 1 N–H and O–H groups in total. The molecule has 1 aromatic heterocycles. The van der Waals surface area contributed by atoms with Crippen molar-refractivity contribution in [1.82, 2.24) is 4.98 Å². The van der Waals surface area contributed by atoms with Gasteiger partial charge in [0.1, 0.15) is 5.75 Å². The minimum atomic E-state index is 0.557. The summed E-state index contributed by atoms with van der Waals surface area (Å²) >= 11 is 0. The number of rotatable bonds is 4. The van der Waals surface area contributed by atoms with Crippen LogP contribution in [0.3, 0.4) is 0 Å². The van der Waals surface area contributed by atoms with Crippen molar-refractivity contribution in [2.24, 2.45) is 0 Å². The van der Waals surface area contributed by atoms with E-state index in [0.717, 1.165) is 11.3 Å². The van der Waals surface area contributed by atoms with Gasteiger partial charge in [0.2, 0.25) is 0 Å². The first kappa shape index (κ1) is 9.71. The van der Waals surface area contributed by atoms with Gasteiger partial charge in [0, 0.05) is 18.3 Å². The normalized spacial score (nSPS) is 9.69. The van der Waals surface area contributed by atoms with Crippen LogP contribution < -0.4 is 4.74 Å². The Morgan fingerprint density at radius 1 is 1.62 bits per heavy atom. The highest BCUT2D eigenvalue weighted by Gasteiger charge is 1.97. The summed E-state index contributed by atoms with van der Waals surface area (Å²) in [7, 11) is 0. The van der Waals surface area contributed by atoms with Gasteiger partial charge < -0.3 is 10.1 Å². The molecule has 0 saturated heterocycles. The van der Waals surface area contributed by atoms with Crippen LogP contribution in [-0.4, -0.2) is 17.3 Å². The lowest BCUT2D eigenvalue weighted by molar-refractivity contribution is 0.325. The molecule has 1 rings (SSSR count). The number of ether oxygens (including phenoxy) is 1. The third-order valence-corrected chi connectivity index (χ3v) is 1.73. The van der Waals surface area contributed by atoms with Crippen LogP contribution in [0, 0.1) is 12.3 Å². The summed E-state index contributed by atoms with van der Waals surface area (Å²) in [6, 6.07) is 1.91. The van der Waals surface area contributed by atoms with E-state index >= 15 is 0 Å². The maximum atomic E-state index is 7.22. The van der Waals surface area contributed by atoms with Gasteiger partial charge in [-0.05, 0) is 25.5 Å². The van der Waals surface area contributed by atoms with Crippen molar-refractivity contribution in [3.05, 3.63) is 24.0 Å². The van der Waals surface area contributed by atoms with Gasteiger partial charge in [0.25, 0.3) is 0 Å². The highest BCUT2D eigenvalue weighted by Crippen LogP contribution is 2.14. The second-order valence-corrected chi connectivity index (χ2v) is 3.02. The van der Waals surface area contributed by atoms with E-state index in [1.165, 1.54) is 0 Å². The molecule has 3 heteroatoms. The van der Waals surface area contributed by atoms with E-state index < -0.39 is 0 Å². The molecule has 0 aliphatic carbocycles. The predicted molar refractivity (Wildman–Crippen MR) is 52.5 cm³/mol. The quantitative estimate of drug-likeness (QED) is 0.718. The molecule has 1 heterocycles. The molecule has 1 aromatic rings. The number of hydrogen-bond donors (Lipinski definition) is 1. The number of aromatic nitrogens is 1. The maximum Gasteiger partial charge on any atom is 0.140 e. The van der Waals surface area contributed by atoms with E-state index in [0.29, 0.717) is 18.7 Å². The molecule has 0 spiro atoms. The van der Waals surface area contributed by atoms with Crippen LogP contribution in [0.2, 0.25) is 0 Å². The molecule has 70 valence electrons. The number of nitrogens with one attached hydrogen (secondary N) is 1. The van der Waals surface area contributed by atoms with Gasteiger partial charge in [-0.1, -0.05) is 0 Å². The number of hydrogen-bond acceptors (Lipinski definition) is 3. The van der Waals surface area contributed by atoms with Gasteiger partial charge in [-0.25, -0.2) is 0 Å². The summed E-state index contributed by atoms with van der Waals surface area (Å²) in [4.78, 5) is 3.96. The monoisotopic (exact) mass is 178 g/mol. The summed E-state index contributed by atoms with van der Waals surface area (Å²) < 4.78 is 5.44. The van der Waals surface area contributed by atoms with Crippen LogP contribution in [-0.2, 0) is 0 Å². The van der Waals surface area contributed by atoms with Crippen LogP contribution in [0.1, 0.15) is 18.9 Å². The zero-order chi connectivity index (χ0) is 9.68. The fourth-order valence-electron chi connectivity index (χ4n) is 0.915. The third-order valence-electron chi connectivity index (χ3n) is 1.73. The average molecular weight is 178 g/mol. The Kier molecular flexibility index (Phi) is 3.43. The lowest BCUT2D eigenvalue weighted by Gasteiger charge is -2.06. The summed E-state index contributed by atoms with van der Waals surface area (Å²) in [5.74, 6) is 0.809. The Morgan fingerprint density at radius 2 is 2.38 bits per heavy atom. The SMILES string of the molecule is CC(=N)CCOc1cnccc1C. The Morgan fingerprint density at radius 3 is 3.00 bits per heavy atom. The summed E-state index contributed by atoms with van der Waals surface area (Å²) in [6.07, 6.45) is 4.12. The molecule has 0 unspecified atom stereocenters. The first-order valence-corrected chi connectivity index (χ1v) is 4.27. The van der Waals surface area contributed by atoms with Crippen LogP contribution in [0.15, 0.2) is 18.5 Å². The van der Waals surface area contributed by atoms with Gasteiger partial charge in [0.05, 0.1) is 12.8 Å². The molecule has 0 saturated carbocycles. The standard InChI is InChI=1S/C10H14N2O/c1-8-3-5-12-7-10(8)13-6-4-9(2)11/h3,5,7,11H,4,6H2,1-2H3. The minimum Gasteiger partial charge on any atom is -0.491 e. The molecule has 3 nitrogen and oxygen atoms in total. The minimum absolute atomic E-state index is 0.557. The fourth-order valence-corrected chi connectivity index (χ4v) is 0.915. The molecule has 0 aromatic carbocycles. The van der Waals surface area contributed by atoms with E-state index in [-0.39, 0.29) is 0 Å². The Bertz CT molecular complexity index is 297. The van der Waals surface area contributed by atoms with E-state index in [9.17, 15) is 0 Å². The average Bonchev–Trinajstić information content (AvgIpc) is 2.08. The predicted octanol–water partition coefficient (Wildman–Crippen LogP) is 2.20. The number of aryl methyl sites for hydroxylation is 1. The molecule has 0 radical (unpaired) electrons. The highest BCUT2D eigenvalue weighted by molar-refractivity contribution is 5.78. The Labute approximate surface area is 78.3 Å². The molecule has 13 heavy (non-hydrogen) atoms. The molecule has 0 aliphatic heterocycles. The molecule has 0 fully saturated rings. The van der Waals surface area contributed by atoms with Crippen LogP contribution >= 0.6 is 0 Å². The van der Waals surface area contributed by atoms with Crippen molar-refractivity contribution < 1.29 is 4.74 Å². The molecular formula is C10H14N2O. The zero-order valence-corrected chi connectivity index (χ0v) is 8.00. The lowest BCUT2D eigenvalue weighted by Crippen LogP contribution is -2.03. The Balaban J connectivity index is 2.45. The van der Waals surface area contributed by atoms with Crippen LogP contribution in [0.25, 0.3) is 0 Å². The van der Waals surface area contributed by atoms with Gasteiger partial charge in [-0.15, -0.1) is 0 Å². The molecule has 0 aliphatic rings. The summed E-state index contributed by atoms with van der Waals surface area (Å²) in [5.41, 5.74) is 1.72. The van der Waals surface area contributed by atoms with Gasteiger partial charge >= 0.3 is 0 Å². The second-order valence-electron chi connectivity index (χ2n) is 3.02. The Hall–Kier alpha value is -1.38. The van der Waals surface area contributed by atoms with Crippen LogP contribution in [0.5, 0.6) is 5.75 Å². The second kappa shape index (κ2) is 4.60. The number of nitrogens with zero attached hydrogens (tertiary/aromatic N) is 1. The van der Waals surface area contributed by atoms with E-state index in [1.54, 1.807) is 19.3 Å². The van der Waals surface area contributed by atoms with E-state index in [4.69, 9.17) is 10.1 Å². The summed E-state index contributed by atoms with van der Waals surface area (Å²) in [5, 5.41) is 7.22. The van der Waals surface area contributed by atoms with Crippen molar-refractivity contribution in [3.63, 3.8) is 0 Å². The largest absolute Gasteiger partial charge is 0.491 e. The van der Waals surface area contributed by atoms with Gasteiger partial charge in [-0.2, -0.15) is 0 Å². The fraction of sp³-hybridized carbons (Fsp3) is 0.400.